The normalized spacial score (nSPS) is 20.6. The molecule has 0 aliphatic carbocycles. The molecule has 1 atom stereocenters. The summed E-state index contributed by atoms with van der Waals surface area (Å²) in [4.78, 5) is 39.3. The van der Waals surface area contributed by atoms with Gasteiger partial charge in [0.1, 0.15) is 11.4 Å². The predicted octanol–water partition coefficient (Wildman–Crippen LogP) is 2.88. The predicted molar refractivity (Wildman–Crippen MR) is 107 cm³/mol. The molecule has 2 aliphatic rings. The van der Waals surface area contributed by atoms with Gasteiger partial charge in [0.05, 0.1) is 0 Å². The van der Waals surface area contributed by atoms with Crippen molar-refractivity contribution in [3.8, 4) is 0 Å². The van der Waals surface area contributed by atoms with Gasteiger partial charge in [-0.25, -0.2) is 4.39 Å². The first-order valence-corrected chi connectivity index (χ1v) is 9.43. The Morgan fingerprint density at radius 3 is 2.66 bits per heavy atom. The van der Waals surface area contributed by atoms with E-state index < -0.39 is 17.3 Å². The highest BCUT2D eigenvalue weighted by atomic mass is 19.1. The number of anilines is 2. The minimum atomic E-state index is -0.927. The largest absolute Gasteiger partial charge is 0.324 e. The van der Waals surface area contributed by atoms with E-state index in [4.69, 9.17) is 0 Å². The number of fused-ring (bicyclic) bond motifs is 1. The Morgan fingerprint density at radius 1 is 1.10 bits per heavy atom. The maximum atomic E-state index is 12.9. The average Bonchev–Trinajstić information content (AvgIpc) is 3.13. The van der Waals surface area contributed by atoms with E-state index in [0.29, 0.717) is 25.1 Å². The van der Waals surface area contributed by atoms with Crippen molar-refractivity contribution in [2.45, 2.75) is 24.8 Å². The molecule has 4 rings (SSSR count). The van der Waals surface area contributed by atoms with Crippen LogP contribution in [-0.4, -0.2) is 34.7 Å². The number of likely N-dealkylation sites (tertiary alicyclic amines) is 1. The molecule has 2 aromatic carbocycles. The number of benzene rings is 2. The summed E-state index contributed by atoms with van der Waals surface area (Å²) in [5, 5.41) is 5.48. The monoisotopic (exact) mass is 393 g/mol. The van der Waals surface area contributed by atoms with Crippen LogP contribution in [0.3, 0.4) is 0 Å². The van der Waals surface area contributed by atoms with E-state index in [1.165, 1.54) is 30.3 Å². The van der Waals surface area contributed by atoms with Crippen molar-refractivity contribution in [1.82, 2.24) is 4.90 Å². The summed E-state index contributed by atoms with van der Waals surface area (Å²) in [6.45, 7) is 0.457. The molecule has 0 bridgehead atoms. The first kappa shape index (κ1) is 18.9. The lowest BCUT2D eigenvalue weighted by Crippen LogP contribution is -2.58. The molecule has 2 aliphatic heterocycles. The highest BCUT2D eigenvalue weighted by Crippen LogP contribution is 2.39. The first-order valence-electron chi connectivity index (χ1n) is 9.43. The summed E-state index contributed by atoms with van der Waals surface area (Å²) < 4.78 is 12.9. The maximum Gasteiger partial charge on any atom is 0.250 e. The molecule has 1 spiro atoms. The maximum absolute atomic E-state index is 12.9. The van der Waals surface area contributed by atoms with E-state index in [-0.39, 0.29) is 11.8 Å². The number of carbonyl (C=O) groups is 3. The van der Waals surface area contributed by atoms with Crippen LogP contribution in [0.2, 0.25) is 0 Å². The fourth-order valence-corrected chi connectivity index (χ4v) is 4.00. The molecule has 3 amide bonds. The standard InChI is InChI=1S/C22H20FN3O3/c23-16-6-8-17(9-7-16)24-19(27)10-11-20(28)26-13-3-12-22(26)14-15-4-1-2-5-18(15)25-21(22)29/h1-2,4-11H,3,12-14H2,(H,24,27)(H,25,29). The second-order valence-corrected chi connectivity index (χ2v) is 7.24. The highest BCUT2D eigenvalue weighted by molar-refractivity contribution is 6.07. The Morgan fingerprint density at radius 2 is 1.86 bits per heavy atom. The quantitative estimate of drug-likeness (QED) is 0.787. The molecule has 148 valence electrons. The van der Waals surface area contributed by atoms with Crippen molar-refractivity contribution in [3.05, 3.63) is 72.1 Å². The number of carbonyl (C=O) groups excluding carboxylic acids is 3. The van der Waals surface area contributed by atoms with Crippen LogP contribution >= 0.6 is 0 Å². The molecule has 1 fully saturated rings. The van der Waals surface area contributed by atoms with E-state index in [9.17, 15) is 18.8 Å². The van der Waals surface area contributed by atoms with Crippen LogP contribution in [0.5, 0.6) is 0 Å². The Bertz CT molecular complexity index is 1000. The summed E-state index contributed by atoms with van der Waals surface area (Å²) in [6.07, 6.45) is 4.06. The molecule has 0 saturated carbocycles. The van der Waals surface area contributed by atoms with Crippen LogP contribution in [0.15, 0.2) is 60.7 Å². The Kier molecular flexibility index (Phi) is 4.88. The van der Waals surface area contributed by atoms with Crippen molar-refractivity contribution in [2.75, 3.05) is 17.2 Å². The number of para-hydroxylation sites is 1. The van der Waals surface area contributed by atoms with E-state index in [2.05, 4.69) is 10.6 Å². The summed E-state index contributed by atoms with van der Waals surface area (Å²) in [5.74, 6) is -1.48. The van der Waals surface area contributed by atoms with Gasteiger partial charge >= 0.3 is 0 Å². The molecule has 29 heavy (non-hydrogen) atoms. The van der Waals surface area contributed by atoms with E-state index >= 15 is 0 Å². The highest BCUT2D eigenvalue weighted by Gasteiger charge is 2.51. The van der Waals surface area contributed by atoms with Crippen molar-refractivity contribution in [1.29, 1.82) is 0 Å². The van der Waals surface area contributed by atoms with E-state index in [1.807, 2.05) is 24.3 Å². The smallest absolute Gasteiger partial charge is 0.250 e. The molecule has 7 heteroatoms. The molecular formula is C22H20FN3O3. The van der Waals surface area contributed by atoms with Crippen LogP contribution in [0.4, 0.5) is 15.8 Å². The molecule has 0 radical (unpaired) electrons. The van der Waals surface area contributed by atoms with Crippen LogP contribution in [0.1, 0.15) is 18.4 Å². The topological polar surface area (TPSA) is 78.5 Å². The fraction of sp³-hybridized carbons (Fsp3) is 0.227. The third kappa shape index (κ3) is 3.63. The number of halogens is 1. The molecule has 2 N–H and O–H groups in total. The van der Waals surface area contributed by atoms with Crippen LogP contribution in [0.25, 0.3) is 0 Å². The first-order chi connectivity index (χ1) is 14.0. The Labute approximate surface area is 167 Å². The molecule has 2 aromatic rings. The lowest BCUT2D eigenvalue weighted by molar-refractivity contribution is -0.139. The van der Waals surface area contributed by atoms with Crippen molar-refractivity contribution >= 4 is 29.1 Å². The fourth-order valence-electron chi connectivity index (χ4n) is 4.00. The minimum Gasteiger partial charge on any atom is -0.324 e. The third-order valence-electron chi connectivity index (χ3n) is 5.41. The SMILES string of the molecule is O=C(C=CC(=O)N1CCCC12Cc1ccccc1NC2=O)Nc1ccc(F)cc1. The van der Waals surface area contributed by atoms with Gasteiger partial charge in [-0.2, -0.15) is 0 Å². The van der Waals surface area contributed by atoms with E-state index in [1.54, 1.807) is 4.90 Å². The molecular weight excluding hydrogens is 373 g/mol. The van der Waals surface area contributed by atoms with Crippen LogP contribution in [-0.2, 0) is 20.8 Å². The molecule has 6 nitrogen and oxygen atoms in total. The van der Waals surface area contributed by atoms with E-state index in [0.717, 1.165) is 23.7 Å². The lowest BCUT2D eigenvalue weighted by atomic mass is 9.83. The zero-order valence-electron chi connectivity index (χ0n) is 15.7. The zero-order chi connectivity index (χ0) is 20.4. The van der Waals surface area contributed by atoms with Crippen LogP contribution in [0, 0.1) is 5.82 Å². The lowest BCUT2D eigenvalue weighted by Gasteiger charge is -2.40. The van der Waals surface area contributed by atoms with Crippen LogP contribution < -0.4 is 10.6 Å². The number of nitrogens with one attached hydrogen (secondary N) is 2. The second kappa shape index (κ2) is 7.50. The average molecular weight is 393 g/mol. The third-order valence-corrected chi connectivity index (χ3v) is 5.41. The van der Waals surface area contributed by atoms with Gasteiger partial charge in [-0.05, 0) is 48.7 Å². The van der Waals surface area contributed by atoms with Gasteiger partial charge in [0.15, 0.2) is 0 Å². The minimum absolute atomic E-state index is 0.189. The molecule has 1 unspecified atom stereocenters. The number of amides is 3. The second-order valence-electron chi connectivity index (χ2n) is 7.24. The van der Waals surface area contributed by atoms with Gasteiger partial charge < -0.3 is 15.5 Å². The van der Waals surface area contributed by atoms with Gasteiger partial charge in [0, 0.05) is 36.5 Å². The van der Waals surface area contributed by atoms with Gasteiger partial charge in [-0.3, -0.25) is 14.4 Å². The summed E-state index contributed by atoms with van der Waals surface area (Å²) in [5.41, 5.74) is 1.26. The van der Waals surface area contributed by atoms with Gasteiger partial charge in [-0.15, -0.1) is 0 Å². The zero-order valence-corrected chi connectivity index (χ0v) is 15.7. The molecule has 2 heterocycles. The van der Waals surface area contributed by atoms with Crippen molar-refractivity contribution < 1.29 is 18.8 Å². The summed E-state index contributed by atoms with van der Waals surface area (Å²) in [7, 11) is 0. The van der Waals surface area contributed by atoms with Gasteiger partial charge in [0.25, 0.3) is 5.91 Å². The summed E-state index contributed by atoms with van der Waals surface area (Å²) >= 11 is 0. The van der Waals surface area contributed by atoms with Crippen molar-refractivity contribution in [2.24, 2.45) is 0 Å². The van der Waals surface area contributed by atoms with Gasteiger partial charge in [-0.1, -0.05) is 18.2 Å². The number of hydrogen-bond donors (Lipinski definition) is 2. The number of hydrogen-bond acceptors (Lipinski definition) is 3. The summed E-state index contributed by atoms with van der Waals surface area (Å²) in [6, 6.07) is 12.9. The number of nitrogens with zero attached hydrogens (tertiary/aromatic N) is 1. The number of rotatable bonds is 3. The Balaban J connectivity index is 1.48. The Hall–Kier alpha value is -3.48. The molecule has 0 aromatic heterocycles. The molecule has 1 saturated heterocycles. The van der Waals surface area contributed by atoms with Crippen molar-refractivity contribution in [3.63, 3.8) is 0 Å². The van der Waals surface area contributed by atoms with Gasteiger partial charge in [0.2, 0.25) is 11.8 Å².